The van der Waals surface area contributed by atoms with Crippen LogP contribution >= 0.6 is 0 Å². The lowest BCUT2D eigenvalue weighted by Gasteiger charge is -2.09. The molecule has 0 spiro atoms. The summed E-state index contributed by atoms with van der Waals surface area (Å²) in [5, 5.41) is 6.03. The maximum atomic E-state index is 11.4. The number of benzene rings is 1. The molecule has 6 nitrogen and oxygen atoms in total. The van der Waals surface area contributed by atoms with Gasteiger partial charge in [-0.25, -0.2) is 4.98 Å². The van der Waals surface area contributed by atoms with Crippen molar-refractivity contribution in [3.8, 4) is 0 Å². The van der Waals surface area contributed by atoms with Crippen molar-refractivity contribution in [2.45, 2.75) is 6.54 Å². The lowest BCUT2D eigenvalue weighted by atomic mass is 10.2. The molecule has 0 unspecified atom stereocenters. The number of hydrogen-bond donors (Lipinski definition) is 2. The van der Waals surface area contributed by atoms with E-state index in [0.29, 0.717) is 6.54 Å². The first-order valence-corrected chi connectivity index (χ1v) is 6.28. The number of amides is 1. The van der Waals surface area contributed by atoms with Gasteiger partial charge in [-0.3, -0.25) is 4.79 Å². The minimum atomic E-state index is -0.172. The molecule has 2 rings (SSSR count). The Morgan fingerprint density at radius 3 is 2.90 bits per heavy atom. The van der Waals surface area contributed by atoms with Crippen LogP contribution in [0, 0.1) is 0 Å². The molecule has 0 bridgehead atoms. The van der Waals surface area contributed by atoms with Crippen LogP contribution in [-0.2, 0) is 23.1 Å². The Morgan fingerprint density at radius 1 is 1.40 bits per heavy atom. The van der Waals surface area contributed by atoms with E-state index in [1.165, 1.54) is 7.11 Å². The van der Waals surface area contributed by atoms with E-state index in [9.17, 15) is 4.79 Å². The molecule has 0 saturated carbocycles. The zero-order valence-electron chi connectivity index (χ0n) is 11.6. The van der Waals surface area contributed by atoms with Gasteiger partial charge in [-0.1, -0.05) is 6.07 Å². The molecule has 0 aliphatic heterocycles. The number of hydrogen-bond acceptors (Lipinski definition) is 4. The van der Waals surface area contributed by atoms with Crippen molar-refractivity contribution in [3.63, 3.8) is 0 Å². The number of rotatable bonds is 6. The number of nitrogens with zero attached hydrogens (tertiary/aromatic N) is 2. The summed E-state index contributed by atoms with van der Waals surface area (Å²) >= 11 is 0. The zero-order chi connectivity index (χ0) is 14.4. The number of aromatic nitrogens is 2. The molecule has 106 valence electrons. The number of ether oxygens (including phenoxy) is 1. The highest BCUT2D eigenvalue weighted by Gasteiger charge is 2.03. The second-order valence-corrected chi connectivity index (χ2v) is 4.37. The van der Waals surface area contributed by atoms with Gasteiger partial charge in [-0.05, 0) is 18.2 Å². The van der Waals surface area contributed by atoms with Crippen LogP contribution in [-0.4, -0.2) is 29.2 Å². The van der Waals surface area contributed by atoms with Crippen LogP contribution in [0.5, 0.6) is 0 Å². The Hall–Kier alpha value is -2.34. The van der Waals surface area contributed by atoms with E-state index in [1.807, 2.05) is 42.1 Å². The monoisotopic (exact) mass is 274 g/mol. The Bertz CT molecular complexity index is 580. The van der Waals surface area contributed by atoms with Crippen molar-refractivity contribution in [1.82, 2.24) is 9.55 Å². The van der Waals surface area contributed by atoms with Crippen molar-refractivity contribution in [2.75, 3.05) is 24.4 Å². The molecule has 0 saturated heterocycles. The molecule has 1 aromatic carbocycles. The fourth-order valence-electron chi connectivity index (χ4n) is 1.78. The number of methoxy groups -OCH3 is 1. The molecule has 2 N–H and O–H groups in total. The van der Waals surface area contributed by atoms with Crippen LogP contribution in [0.15, 0.2) is 36.7 Å². The van der Waals surface area contributed by atoms with Gasteiger partial charge in [-0.2, -0.15) is 0 Å². The fourth-order valence-corrected chi connectivity index (χ4v) is 1.78. The van der Waals surface area contributed by atoms with Gasteiger partial charge in [0, 0.05) is 37.9 Å². The molecule has 0 radical (unpaired) electrons. The van der Waals surface area contributed by atoms with Crippen LogP contribution in [0.2, 0.25) is 0 Å². The second kappa shape index (κ2) is 6.72. The molecule has 0 fully saturated rings. The van der Waals surface area contributed by atoms with E-state index in [2.05, 4.69) is 15.6 Å². The summed E-state index contributed by atoms with van der Waals surface area (Å²) in [6, 6.07) is 7.52. The second-order valence-electron chi connectivity index (χ2n) is 4.37. The minimum Gasteiger partial charge on any atom is -0.378 e. The summed E-state index contributed by atoms with van der Waals surface area (Å²) in [7, 11) is 3.44. The summed E-state index contributed by atoms with van der Waals surface area (Å²) in [4.78, 5) is 15.7. The van der Waals surface area contributed by atoms with Crippen molar-refractivity contribution in [3.05, 3.63) is 42.5 Å². The highest BCUT2D eigenvalue weighted by atomic mass is 16.5. The molecule has 0 aliphatic carbocycles. The van der Waals surface area contributed by atoms with Gasteiger partial charge in [0.1, 0.15) is 12.4 Å². The van der Waals surface area contributed by atoms with E-state index in [1.54, 1.807) is 6.20 Å². The quantitative estimate of drug-likeness (QED) is 0.840. The third-order valence-corrected chi connectivity index (χ3v) is 2.79. The van der Waals surface area contributed by atoms with Crippen LogP contribution in [0.3, 0.4) is 0 Å². The third-order valence-electron chi connectivity index (χ3n) is 2.79. The van der Waals surface area contributed by atoms with Gasteiger partial charge < -0.3 is 19.9 Å². The Labute approximate surface area is 117 Å². The van der Waals surface area contributed by atoms with E-state index < -0.39 is 0 Å². The largest absolute Gasteiger partial charge is 0.378 e. The normalized spacial score (nSPS) is 10.3. The number of carbonyl (C=O) groups is 1. The van der Waals surface area contributed by atoms with E-state index in [4.69, 9.17) is 4.74 Å². The number of aryl methyl sites for hydroxylation is 1. The maximum absolute atomic E-state index is 11.4. The molecule has 1 amide bonds. The van der Waals surface area contributed by atoms with Crippen molar-refractivity contribution < 1.29 is 9.53 Å². The van der Waals surface area contributed by atoms with Gasteiger partial charge in [0.2, 0.25) is 5.91 Å². The van der Waals surface area contributed by atoms with Crippen LogP contribution in [0.4, 0.5) is 11.4 Å². The summed E-state index contributed by atoms with van der Waals surface area (Å²) in [6.07, 6.45) is 3.66. The zero-order valence-corrected chi connectivity index (χ0v) is 11.6. The molecule has 1 heterocycles. The molecule has 20 heavy (non-hydrogen) atoms. The minimum absolute atomic E-state index is 0.0466. The van der Waals surface area contributed by atoms with Gasteiger partial charge in [0.15, 0.2) is 0 Å². The average Bonchev–Trinajstić information content (AvgIpc) is 2.82. The molecular formula is C14H18N4O2. The maximum Gasteiger partial charge on any atom is 0.250 e. The third kappa shape index (κ3) is 3.83. The topological polar surface area (TPSA) is 68.2 Å². The molecule has 2 aromatic rings. The predicted molar refractivity (Wildman–Crippen MR) is 77.5 cm³/mol. The average molecular weight is 274 g/mol. The highest BCUT2D eigenvalue weighted by molar-refractivity contribution is 5.92. The van der Waals surface area contributed by atoms with E-state index in [-0.39, 0.29) is 12.5 Å². The Balaban J connectivity index is 1.95. The van der Waals surface area contributed by atoms with Gasteiger partial charge >= 0.3 is 0 Å². The first kappa shape index (κ1) is 14.1. The Kier molecular flexibility index (Phi) is 4.73. The lowest BCUT2D eigenvalue weighted by Crippen LogP contribution is -2.17. The summed E-state index contributed by atoms with van der Waals surface area (Å²) < 4.78 is 6.73. The molecule has 0 aliphatic rings. The number of nitrogens with one attached hydrogen (secondary N) is 2. The van der Waals surface area contributed by atoms with Gasteiger partial charge in [0.05, 0.1) is 6.54 Å². The summed E-state index contributed by atoms with van der Waals surface area (Å²) in [6.45, 7) is 0.671. The first-order chi connectivity index (χ1) is 9.69. The van der Waals surface area contributed by atoms with Crippen molar-refractivity contribution in [2.24, 2.45) is 7.05 Å². The van der Waals surface area contributed by atoms with Crippen molar-refractivity contribution in [1.29, 1.82) is 0 Å². The molecular weight excluding hydrogens is 256 g/mol. The molecule has 0 atom stereocenters. The standard InChI is InChI=1S/C14H18N4O2/c1-18-7-6-15-13(18)9-16-11-4-3-5-12(8-11)17-14(19)10-20-2/h3-8,16H,9-10H2,1-2H3,(H,17,19). The van der Waals surface area contributed by atoms with E-state index >= 15 is 0 Å². The highest BCUT2D eigenvalue weighted by Crippen LogP contribution is 2.15. The number of anilines is 2. The summed E-state index contributed by atoms with van der Waals surface area (Å²) in [5.41, 5.74) is 1.65. The molecule has 6 heteroatoms. The number of imidazole rings is 1. The van der Waals surface area contributed by atoms with Crippen LogP contribution in [0.25, 0.3) is 0 Å². The SMILES string of the molecule is COCC(=O)Nc1cccc(NCc2nccn2C)c1. The summed E-state index contributed by atoms with van der Waals surface area (Å²) in [5.74, 6) is 0.771. The predicted octanol–water partition coefficient (Wildman–Crippen LogP) is 1.62. The molecule has 1 aromatic heterocycles. The van der Waals surface area contributed by atoms with Crippen LogP contribution in [0.1, 0.15) is 5.82 Å². The smallest absolute Gasteiger partial charge is 0.250 e. The van der Waals surface area contributed by atoms with Crippen molar-refractivity contribution >= 4 is 17.3 Å². The van der Waals surface area contributed by atoms with Gasteiger partial charge in [-0.15, -0.1) is 0 Å². The van der Waals surface area contributed by atoms with Crippen LogP contribution < -0.4 is 10.6 Å². The van der Waals surface area contributed by atoms with E-state index in [0.717, 1.165) is 17.2 Å². The lowest BCUT2D eigenvalue weighted by molar-refractivity contribution is -0.119. The van der Waals surface area contributed by atoms with Gasteiger partial charge in [0.25, 0.3) is 0 Å². The fraction of sp³-hybridized carbons (Fsp3) is 0.286. The first-order valence-electron chi connectivity index (χ1n) is 6.28. The number of carbonyl (C=O) groups excluding carboxylic acids is 1. The Morgan fingerprint density at radius 2 is 2.20 bits per heavy atom.